The van der Waals surface area contributed by atoms with E-state index in [9.17, 15) is 4.79 Å². The molecule has 0 bridgehead atoms. The van der Waals surface area contributed by atoms with Crippen LogP contribution in [0.15, 0.2) is 48.5 Å². The van der Waals surface area contributed by atoms with Crippen molar-refractivity contribution in [3.8, 4) is 5.75 Å². The van der Waals surface area contributed by atoms with Gasteiger partial charge in [0.2, 0.25) is 5.91 Å². The van der Waals surface area contributed by atoms with Gasteiger partial charge < -0.3 is 15.4 Å². The van der Waals surface area contributed by atoms with Crippen molar-refractivity contribution in [1.82, 2.24) is 10.6 Å². The van der Waals surface area contributed by atoms with Crippen LogP contribution >= 0.6 is 12.4 Å². The number of hydrogen-bond donors (Lipinski definition) is 2. The van der Waals surface area contributed by atoms with E-state index in [1.165, 1.54) is 11.1 Å². The monoisotopic (exact) mass is 390 g/mol. The van der Waals surface area contributed by atoms with E-state index in [1.807, 2.05) is 33.0 Å². The van der Waals surface area contributed by atoms with Crippen molar-refractivity contribution >= 4 is 18.3 Å². The largest absolute Gasteiger partial charge is 0.489 e. The topological polar surface area (TPSA) is 50.4 Å². The average Bonchev–Trinajstić information content (AvgIpc) is 2.62. The zero-order valence-electron chi connectivity index (χ0n) is 16.6. The lowest BCUT2D eigenvalue weighted by atomic mass is 10.1. The Kier molecular flexibility index (Phi) is 9.90. The molecule has 1 amide bonds. The third-order valence-corrected chi connectivity index (χ3v) is 4.34. The molecule has 0 aliphatic rings. The minimum atomic E-state index is -0.0278. The van der Waals surface area contributed by atoms with Gasteiger partial charge >= 0.3 is 0 Å². The van der Waals surface area contributed by atoms with Gasteiger partial charge in [0.05, 0.1) is 0 Å². The highest BCUT2D eigenvalue weighted by molar-refractivity contribution is 5.85. The van der Waals surface area contributed by atoms with E-state index in [-0.39, 0.29) is 30.3 Å². The summed E-state index contributed by atoms with van der Waals surface area (Å²) in [5.74, 6) is 0.915. The first kappa shape index (κ1) is 23.0. The maximum atomic E-state index is 12.1. The van der Waals surface area contributed by atoms with Crippen molar-refractivity contribution < 1.29 is 9.53 Å². The van der Waals surface area contributed by atoms with Crippen LogP contribution in [0, 0.1) is 12.8 Å². The predicted octanol–water partition coefficient (Wildman–Crippen LogP) is 3.90. The molecule has 2 unspecified atom stereocenters. The molecule has 2 N–H and O–H groups in total. The Morgan fingerprint density at radius 1 is 1.00 bits per heavy atom. The molecule has 0 radical (unpaired) electrons. The Morgan fingerprint density at radius 3 is 2.19 bits per heavy atom. The van der Waals surface area contributed by atoms with Crippen molar-refractivity contribution in [3.05, 3.63) is 65.2 Å². The number of aryl methyl sites for hydroxylation is 1. The molecule has 0 fully saturated rings. The summed E-state index contributed by atoms with van der Waals surface area (Å²) in [6.07, 6.45) is 0.802. The van der Waals surface area contributed by atoms with Gasteiger partial charge in [-0.25, -0.2) is 0 Å². The minimum absolute atomic E-state index is 0. The number of halogens is 1. The Balaban J connectivity index is 0.00000364. The predicted molar refractivity (Wildman–Crippen MR) is 114 cm³/mol. The van der Waals surface area contributed by atoms with E-state index in [0.29, 0.717) is 13.2 Å². The molecule has 0 aromatic heterocycles. The number of amides is 1. The fourth-order valence-electron chi connectivity index (χ4n) is 2.76. The molecule has 2 aromatic rings. The van der Waals surface area contributed by atoms with Gasteiger partial charge in [0.15, 0.2) is 0 Å². The normalized spacial score (nSPS) is 12.6. The molecular weight excluding hydrogens is 360 g/mol. The maximum absolute atomic E-state index is 12.1. The lowest BCUT2D eigenvalue weighted by Gasteiger charge is -2.17. The third kappa shape index (κ3) is 8.02. The van der Waals surface area contributed by atoms with Crippen LogP contribution < -0.4 is 15.4 Å². The van der Waals surface area contributed by atoms with Gasteiger partial charge in [-0.05, 0) is 50.6 Å². The van der Waals surface area contributed by atoms with Gasteiger partial charge in [0.1, 0.15) is 12.4 Å². The smallest absolute Gasteiger partial charge is 0.224 e. The fraction of sp³-hybridized carbons (Fsp3) is 0.409. The molecule has 4 nitrogen and oxygen atoms in total. The van der Waals surface area contributed by atoms with Crippen molar-refractivity contribution in [2.45, 2.75) is 39.8 Å². The zero-order chi connectivity index (χ0) is 18.9. The number of nitrogens with one attached hydrogen (secondary N) is 2. The molecule has 2 rings (SSSR count). The quantitative estimate of drug-likeness (QED) is 0.682. The molecule has 0 saturated heterocycles. The van der Waals surface area contributed by atoms with Crippen molar-refractivity contribution in [1.29, 1.82) is 0 Å². The van der Waals surface area contributed by atoms with Crippen LogP contribution in [0.3, 0.4) is 0 Å². The molecule has 0 aliphatic carbocycles. The first-order valence-corrected chi connectivity index (χ1v) is 9.20. The highest BCUT2D eigenvalue weighted by Crippen LogP contribution is 2.15. The molecule has 2 atom stereocenters. The summed E-state index contributed by atoms with van der Waals surface area (Å²) in [6, 6.07) is 16.6. The second-order valence-corrected chi connectivity index (χ2v) is 6.99. The Bertz CT molecular complexity index is 686. The van der Waals surface area contributed by atoms with Crippen molar-refractivity contribution in [2.24, 2.45) is 5.92 Å². The molecule has 5 heteroatoms. The van der Waals surface area contributed by atoms with E-state index in [0.717, 1.165) is 17.7 Å². The first-order chi connectivity index (χ1) is 12.5. The second kappa shape index (κ2) is 11.6. The third-order valence-electron chi connectivity index (χ3n) is 4.34. The molecule has 0 heterocycles. The van der Waals surface area contributed by atoms with E-state index in [2.05, 4.69) is 54.0 Å². The number of carbonyl (C=O) groups is 1. The number of benzene rings is 2. The molecule has 27 heavy (non-hydrogen) atoms. The van der Waals surface area contributed by atoms with Gasteiger partial charge in [-0.1, -0.05) is 48.9 Å². The standard InChI is InChI=1S/C22H30N2O2.ClH/c1-16-5-7-20(8-6-16)15-26-21-11-9-19(10-12-21)13-18(3)24-22(25)17(2)14-23-4;/h5-12,17-18,23H,13-15H2,1-4H3,(H,24,25);1H. The van der Waals surface area contributed by atoms with Gasteiger partial charge in [-0.2, -0.15) is 0 Å². The van der Waals surface area contributed by atoms with Crippen molar-refractivity contribution in [2.75, 3.05) is 13.6 Å². The van der Waals surface area contributed by atoms with Crippen LogP contribution in [0.1, 0.15) is 30.5 Å². The SMILES string of the molecule is CNCC(C)C(=O)NC(C)Cc1ccc(OCc2ccc(C)cc2)cc1.Cl. The number of hydrogen-bond acceptors (Lipinski definition) is 3. The molecule has 0 aliphatic heterocycles. The summed E-state index contributed by atoms with van der Waals surface area (Å²) in [6.45, 7) is 7.29. The highest BCUT2D eigenvalue weighted by Gasteiger charge is 2.14. The number of rotatable bonds is 9. The first-order valence-electron chi connectivity index (χ1n) is 9.20. The molecule has 148 valence electrons. The lowest BCUT2D eigenvalue weighted by molar-refractivity contribution is -0.124. The van der Waals surface area contributed by atoms with Gasteiger partial charge in [0, 0.05) is 18.5 Å². The minimum Gasteiger partial charge on any atom is -0.489 e. The maximum Gasteiger partial charge on any atom is 0.224 e. The van der Waals surface area contributed by atoms with E-state index in [4.69, 9.17) is 4.74 Å². The Morgan fingerprint density at radius 2 is 1.59 bits per heavy atom. The van der Waals surface area contributed by atoms with Crippen LogP contribution in [0.5, 0.6) is 5.75 Å². The molecule has 0 spiro atoms. The molecule has 2 aromatic carbocycles. The summed E-state index contributed by atoms with van der Waals surface area (Å²) in [5, 5.41) is 6.10. The lowest BCUT2D eigenvalue weighted by Crippen LogP contribution is -2.40. The van der Waals surface area contributed by atoms with Crippen LogP contribution in [0.25, 0.3) is 0 Å². The summed E-state index contributed by atoms with van der Waals surface area (Å²) in [4.78, 5) is 12.1. The summed E-state index contributed by atoms with van der Waals surface area (Å²) in [5.41, 5.74) is 3.59. The van der Waals surface area contributed by atoms with Crippen LogP contribution in [-0.4, -0.2) is 25.5 Å². The number of carbonyl (C=O) groups excluding carboxylic acids is 1. The molecule has 0 saturated carbocycles. The average molecular weight is 391 g/mol. The van der Waals surface area contributed by atoms with E-state index in [1.54, 1.807) is 0 Å². The fourth-order valence-corrected chi connectivity index (χ4v) is 2.76. The van der Waals surface area contributed by atoms with Gasteiger partial charge in [0.25, 0.3) is 0 Å². The Hall–Kier alpha value is -2.04. The summed E-state index contributed by atoms with van der Waals surface area (Å²) >= 11 is 0. The van der Waals surface area contributed by atoms with E-state index < -0.39 is 0 Å². The summed E-state index contributed by atoms with van der Waals surface area (Å²) < 4.78 is 5.84. The zero-order valence-corrected chi connectivity index (χ0v) is 17.4. The van der Waals surface area contributed by atoms with Gasteiger partial charge in [-0.3, -0.25) is 4.79 Å². The number of ether oxygens (including phenoxy) is 1. The van der Waals surface area contributed by atoms with Crippen LogP contribution in [-0.2, 0) is 17.8 Å². The van der Waals surface area contributed by atoms with Gasteiger partial charge in [-0.15, -0.1) is 12.4 Å². The highest BCUT2D eigenvalue weighted by atomic mass is 35.5. The Labute approximate surface area is 169 Å². The van der Waals surface area contributed by atoms with E-state index >= 15 is 0 Å². The van der Waals surface area contributed by atoms with Crippen LogP contribution in [0.4, 0.5) is 0 Å². The van der Waals surface area contributed by atoms with Crippen LogP contribution in [0.2, 0.25) is 0 Å². The summed E-state index contributed by atoms with van der Waals surface area (Å²) in [7, 11) is 1.86. The molecular formula is C22H31ClN2O2. The second-order valence-electron chi connectivity index (χ2n) is 6.99. The van der Waals surface area contributed by atoms with Crippen molar-refractivity contribution in [3.63, 3.8) is 0 Å².